The number of nitrogens with zero attached hydrogens (tertiary/aromatic N) is 2. The van der Waals surface area contributed by atoms with Crippen molar-refractivity contribution in [3.63, 3.8) is 0 Å². The third kappa shape index (κ3) is 6.16. The lowest BCUT2D eigenvalue weighted by atomic mass is 10.0. The van der Waals surface area contributed by atoms with E-state index in [1.165, 1.54) is 55.6 Å². The minimum absolute atomic E-state index is 0.274. The van der Waals surface area contributed by atoms with E-state index in [1.807, 2.05) is 0 Å². The van der Waals surface area contributed by atoms with E-state index in [0.29, 0.717) is 18.7 Å². The van der Waals surface area contributed by atoms with Crippen LogP contribution >= 0.6 is 0 Å². The van der Waals surface area contributed by atoms with Gasteiger partial charge in [0.2, 0.25) is 0 Å². The van der Waals surface area contributed by atoms with Crippen molar-refractivity contribution in [2.24, 2.45) is 0 Å². The lowest BCUT2D eigenvalue weighted by Gasteiger charge is -2.41. The highest BCUT2D eigenvalue weighted by molar-refractivity contribution is 5.30. The lowest BCUT2D eigenvalue weighted by Crippen LogP contribution is -2.54. The summed E-state index contributed by atoms with van der Waals surface area (Å²) >= 11 is 0. The topological polar surface area (TPSA) is 15.7 Å². The van der Waals surface area contributed by atoms with Gasteiger partial charge in [0, 0.05) is 31.7 Å². The number of rotatable bonds is 10. The molecule has 5 rings (SSSR count). The number of benzene rings is 3. The van der Waals surface area contributed by atoms with Crippen molar-refractivity contribution in [2.75, 3.05) is 32.8 Å². The van der Waals surface area contributed by atoms with Crippen molar-refractivity contribution >= 4 is 0 Å². The third-order valence-electron chi connectivity index (χ3n) is 7.47. The number of hydrogen-bond acceptors (Lipinski definition) is 3. The Morgan fingerprint density at radius 2 is 1.31 bits per heavy atom. The summed E-state index contributed by atoms with van der Waals surface area (Å²) in [5, 5.41) is 0. The summed E-state index contributed by atoms with van der Waals surface area (Å²) in [7, 11) is 0. The maximum absolute atomic E-state index is 13.5. The van der Waals surface area contributed by atoms with E-state index in [4.69, 9.17) is 4.74 Å². The summed E-state index contributed by atoms with van der Waals surface area (Å²) in [6, 6.07) is 24.8. The second kappa shape index (κ2) is 11.4. The molecule has 3 aromatic rings. The van der Waals surface area contributed by atoms with Crippen LogP contribution in [0.5, 0.6) is 0 Å². The van der Waals surface area contributed by atoms with Crippen LogP contribution < -0.4 is 0 Å². The number of piperazine rings is 1. The van der Waals surface area contributed by atoms with E-state index in [9.17, 15) is 8.78 Å². The van der Waals surface area contributed by atoms with Gasteiger partial charge in [-0.2, -0.15) is 0 Å². The van der Waals surface area contributed by atoms with Crippen LogP contribution in [0.25, 0.3) is 0 Å². The van der Waals surface area contributed by atoms with Gasteiger partial charge in [0.05, 0.1) is 6.61 Å². The molecule has 2 bridgehead atoms. The van der Waals surface area contributed by atoms with Crippen molar-refractivity contribution in [1.82, 2.24) is 9.80 Å². The first-order valence-corrected chi connectivity index (χ1v) is 12.8. The fourth-order valence-electron chi connectivity index (χ4n) is 5.70. The molecule has 5 heteroatoms. The Bertz CT molecular complexity index is 998. The highest BCUT2D eigenvalue weighted by Gasteiger charge is 2.39. The van der Waals surface area contributed by atoms with Crippen LogP contribution in [0.2, 0.25) is 0 Å². The Hall–Kier alpha value is -2.60. The minimum Gasteiger partial charge on any atom is -0.367 e. The van der Waals surface area contributed by atoms with E-state index < -0.39 is 0 Å². The van der Waals surface area contributed by atoms with Crippen LogP contribution in [0.3, 0.4) is 0 Å². The van der Waals surface area contributed by atoms with Crippen LogP contribution in [0.4, 0.5) is 8.78 Å². The second-order valence-corrected chi connectivity index (χ2v) is 9.83. The molecule has 3 aromatic carbocycles. The van der Waals surface area contributed by atoms with E-state index in [1.54, 1.807) is 24.3 Å². The van der Waals surface area contributed by atoms with Crippen molar-refractivity contribution in [3.05, 3.63) is 107 Å². The van der Waals surface area contributed by atoms with Crippen LogP contribution in [-0.2, 0) is 11.2 Å². The predicted octanol–water partition coefficient (Wildman–Crippen LogP) is 5.85. The highest BCUT2D eigenvalue weighted by Crippen LogP contribution is 2.31. The Kier molecular flexibility index (Phi) is 7.87. The molecule has 184 valence electrons. The molecule has 3 nitrogen and oxygen atoms in total. The first-order chi connectivity index (χ1) is 17.2. The zero-order chi connectivity index (χ0) is 24.0. The molecule has 2 aliphatic rings. The van der Waals surface area contributed by atoms with Crippen LogP contribution in [-0.4, -0.2) is 54.7 Å². The molecule has 0 saturated carbocycles. The molecule has 0 N–H and O–H groups in total. The Labute approximate surface area is 207 Å². The normalized spacial score (nSPS) is 20.5. The molecule has 0 unspecified atom stereocenters. The lowest BCUT2D eigenvalue weighted by molar-refractivity contribution is 0.0236. The molecule has 2 saturated heterocycles. The smallest absolute Gasteiger partial charge is 0.123 e. The molecular formula is C30H34F2N2O. The molecule has 2 fully saturated rings. The first kappa shape index (κ1) is 24.1. The maximum atomic E-state index is 13.5. The van der Waals surface area contributed by atoms with Crippen molar-refractivity contribution in [1.29, 1.82) is 0 Å². The first-order valence-electron chi connectivity index (χ1n) is 12.8. The predicted molar refractivity (Wildman–Crippen MR) is 135 cm³/mol. The van der Waals surface area contributed by atoms with Crippen molar-refractivity contribution in [3.8, 4) is 0 Å². The van der Waals surface area contributed by atoms with E-state index >= 15 is 0 Å². The fraction of sp³-hybridized carbons (Fsp3) is 0.400. The van der Waals surface area contributed by atoms with Gasteiger partial charge in [0.15, 0.2) is 0 Å². The summed E-state index contributed by atoms with van der Waals surface area (Å²) in [5.74, 6) is -0.549. The summed E-state index contributed by atoms with van der Waals surface area (Å²) in [4.78, 5) is 5.27. The van der Waals surface area contributed by atoms with Gasteiger partial charge >= 0.3 is 0 Å². The fourth-order valence-corrected chi connectivity index (χ4v) is 5.70. The summed E-state index contributed by atoms with van der Waals surface area (Å²) < 4.78 is 33.3. The Morgan fingerprint density at radius 1 is 0.743 bits per heavy atom. The number of likely N-dealkylation sites (tertiary alicyclic amines) is 1. The minimum atomic E-state index is -0.341. The van der Waals surface area contributed by atoms with E-state index in [0.717, 1.165) is 37.2 Å². The quantitative estimate of drug-likeness (QED) is 0.365. The van der Waals surface area contributed by atoms with Crippen LogP contribution in [0.15, 0.2) is 78.9 Å². The molecule has 2 heterocycles. The van der Waals surface area contributed by atoms with Crippen LogP contribution in [0.1, 0.15) is 42.1 Å². The largest absolute Gasteiger partial charge is 0.367 e. The second-order valence-electron chi connectivity index (χ2n) is 9.83. The van der Waals surface area contributed by atoms with Crippen molar-refractivity contribution in [2.45, 2.75) is 43.9 Å². The molecular weight excluding hydrogens is 442 g/mol. The van der Waals surface area contributed by atoms with Crippen LogP contribution in [0, 0.1) is 11.6 Å². The molecule has 0 radical (unpaired) electrons. The van der Waals surface area contributed by atoms with E-state index in [2.05, 4.69) is 40.1 Å². The number of aryl methyl sites for hydroxylation is 1. The Balaban J connectivity index is 1.14. The van der Waals surface area contributed by atoms with Crippen molar-refractivity contribution < 1.29 is 13.5 Å². The molecule has 35 heavy (non-hydrogen) atoms. The number of hydrogen-bond donors (Lipinski definition) is 0. The monoisotopic (exact) mass is 476 g/mol. The molecule has 0 aliphatic carbocycles. The molecule has 2 atom stereocenters. The summed E-state index contributed by atoms with van der Waals surface area (Å²) in [5.41, 5.74) is 3.18. The zero-order valence-electron chi connectivity index (χ0n) is 20.2. The number of ether oxygens (including phenoxy) is 1. The number of fused-ring (bicyclic) bond motifs is 2. The van der Waals surface area contributed by atoms with Gasteiger partial charge < -0.3 is 4.74 Å². The maximum Gasteiger partial charge on any atom is 0.123 e. The van der Waals surface area contributed by atoms with E-state index in [-0.39, 0.29) is 17.7 Å². The zero-order valence-corrected chi connectivity index (χ0v) is 20.2. The SMILES string of the molecule is Fc1ccc(C(OCCN2C[C@H]3CC[C@@H](C2)N3CCCc2ccccc2)c2ccc(F)cc2)cc1. The summed E-state index contributed by atoms with van der Waals surface area (Å²) in [6.07, 6.45) is 4.56. The molecule has 0 aromatic heterocycles. The molecule has 0 amide bonds. The number of halogens is 2. The van der Waals surface area contributed by atoms with Gasteiger partial charge in [0.25, 0.3) is 0 Å². The average Bonchev–Trinajstić information content (AvgIpc) is 3.11. The van der Waals surface area contributed by atoms with Gasteiger partial charge in [-0.3, -0.25) is 9.80 Å². The molecule has 2 aliphatic heterocycles. The highest BCUT2D eigenvalue weighted by atomic mass is 19.1. The van der Waals surface area contributed by atoms with Gasteiger partial charge in [-0.25, -0.2) is 8.78 Å². The Morgan fingerprint density at radius 3 is 1.89 bits per heavy atom. The van der Waals surface area contributed by atoms with Gasteiger partial charge in [-0.05, 0) is 73.2 Å². The third-order valence-corrected chi connectivity index (χ3v) is 7.47. The average molecular weight is 477 g/mol. The standard InChI is InChI=1S/C30H34F2N2O/c31-26-12-8-24(9-13-26)30(25-10-14-27(32)15-11-25)35-20-19-33-21-28-16-17-29(22-33)34(28)18-4-7-23-5-2-1-3-6-23/h1-3,5-6,8-15,28-30H,4,7,16-22H2/t28-,29+. The summed E-state index contributed by atoms with van der Waals surface area (Å²) in [6.45, 7) is 4.79. The van der Waals surface area contributed by atoms with Gasteiger partial charge in [-0.15, -0.1) is 0 Å². The van der Waals surface area contributed by atoms with Gasteiger partial charge in [-0.1, -0.05) is 54.6 Å². The molecule has 0 spiro atoms. The van der Waals surface area contributed by atoms with Gasteiger partial charge in [0.1, 0.15) is 17.7 Å².